The molecule has 2 heterocycles. The van der Waals surface area contributed by atoms with Crippen LogP contribution in [0.5, 0.6) is 0 Å². The molecule has 0 aliphatic carbocycles. The van der Waals surface area contributed by atoms with Crippen LogP contribution in [0, 0.1) is 6.92 Å². The minimum atomic E-state index is -0.662. The molecule has 113 valence electrons. The number of hydrogen-bond acceptors (Lipinski definition) is 4. The number of allylic oxidation sites excluding steroid dienone is 1. The number of rotatable bonds is 6. The predicted octanol–water partition coefficient (Wildman–Crippen LogP) is 3.93. The van der Waals surface area contributed by atoms with E-state index in [0.717, 1.165) is 25.0 Å². The van der Waals surface area contributed by atoms with Crippen molar-refractivity contribution in [2.45, 2.75) is 38.3 Å². The summed E-state index contributed by atoms with van der Waals surface area (Å²) in [5.41, 5.74) is 0. The van der Waals surface area contributed by atoms with E-state index in [2.05, 4.69) is 19.1 Å². The van der Waals surface area contributed by atoms with Gasteiger partial charge in [-0.25, -0.2) is 0 Å². The molecule has 0 bridgehead atoms. The van der Waals surface area contributed by atoms with Crippen LogP contribution >= 0.6 is 11.8 Å². The molecule has 2 atom stereocenters. The fourth-order valence-corrected chi connectivity index (χ4v) is 3.09. The number of amides is 1. The molecular weight excluding hydrogens is 363 g/mol. The number of furan rings is 1. The molecule has 1 aromatic rings. The van der Waals surface area contributed by atoms with Gasteiger partial charge in [-0.05, 0) is 19.4 Å². The zero-order valence-corrected chi connectivity index (χ0v) is 15.9. The third-order valence-electron chi connectivity index (χ3n) is 3.17. The van der Waals surface area contributed by atoms with E-state index in [1.54, 1.807) is 24.0 Å². The maximum Gasteiger partial charge on any atom is 0.288 e. The van der Waals surface area contributed by atoms with Gasteiger partial charge in [0, 0.05) is 44.5 Å². The minimum Gasteiger partial charge on any atom is -0.442 e. The van der Waals surface area contributed by atoms with Gasteiger partial charge in [0.2, 0.25) is 5.88 Å². The Bertz CT molecular complexity index is 487. The molecule has 1 saturated heterocycles. The SMILES string of the molecule is [CH2-]CC/C=C\C[C@H]1CSC(=O)N1c1ccc(C(C)O)o1.[Y]. The average molecular weight is 383 g/mol. The van der Waals surface area contributed by atoms with Crippen molar-refractivity contribution in [2.75, 3.05) is 10.7 Å². The molecule has 1 amide bonds. The molecule has 1 unspecified atom stereocenters. The van der Waals surface area contributed by atoms with Crippen molar-refractivity contribution in [1.29, 1.82) is 0 Å². The number of carbonyl (C=O) groups is 1. The molecular formula is C15H20NO3SY-. The van der Waals surface area contributed by atoms with Gasteiger partial charge in [0.05, 0.1) is 6.04 Å². The first-order valence-corrected chi connectivity index (χ1v) is 7.80. The third kappa shape index (κ3) is 4.95. The first kappa shape index (κ1) is 19.0. The first-order valence-electron chi connectivity index (χ1n) is 6.81. The van der Waals surface area contributed by atoms with Crippen molar-refractivity contribution in [3.63, 3.8) is 0 Å². The van der Waals surface area contributed by atoms with E-state index >= 15 is 0 Å². The van der Waals surface area contributed by atoms with Crippen molar-refractivity contribution < 1.29 is 47.0 Å². The summed E-state index contributed by atoms with van der Waals surface area (Å²) in [6, 6.07) is 3.58. The average Bonchev–Trinajstić information content (AvgIpc) is 3.01. The van der Waals surface area contributed by atoms with Crippen LogP contribution in [0.1, 0.15) is 38.1 Å². The molecule has 0 saturated carbocycles. The summed E-state index contributed by atoms with van der Waals surface area (Å²) in [5, 5.41) is 9.50. The Morgan fingerprint density at radius 1 is 1.57 bits per heavy atom. The Hall–Kier alpha value is -0.0961. The fourth-order valence-electron chi connectivity index (χ4n) is 2.09. The van der Waals surface area contributed by atoms with E-state index in [1.807, 2.05) is 0 Å². The summed E-state index contributed by atoms with van der Waals surface area (Å²) in [6.45, 7) is 5.43. The fraction of sp³-hybridized carbons (Fsp3) is 0.467. The Morgan fingerprint density at radius 2 is 2.33 bits per heavy atom. The second-order valence-electron chi connectivity index (χ2n) is 4.80. The molecule has 1 aromatic heterocycles. The second-order valence-corrected chi connectivity index (χ2v) is 5.77. The number of aliphatic hydroxyl groups excluding tert-OH is 1. The summed E-state index contributed by atoms with van der Waals surface area (Å²) >= 11 is 1.31. The molecule has 1 aliphatic heterocycles. The number of anilines is 1. The van der Waals surface area contributed by atoms with E-state index in [-0.39, 0.29) is 44.0 Å². The third-order valence-corrected chi connectivity index (χ3v) is 4.16. The van der Waals surface area contributed by atoms with Crippen molar-refractivity contribution in [2.24, 2.45) is 0 Å². The van der Waals surface area contributed by atoms with Crippen molar-refractivity contribution in [3.8, 4) is 0 Å². The van der Waals surface area contributed by atoms with Gasteiger partial charge in [-0.2, -0.15) is 6.42 Å². The summed E-state index contributed by atoms with van der Waals surface area (Å²) in [7, 11) is 0. The monoisotopic (exact) mass is 383 g/mol. The topological polar surface area (TPSA) is 53.7 Å². The van der Waals surface area contributed by atoms with Crippen LogP contribution in [0.25, 0.3) is 0 Å². The smallest absolute Gasteiger partial charge is 0.288 e. The zero-order valence-electron chi connectivity index (χ0n) is 12.2. The largest absolute Gasteiger partial charge is 0.442 e. The van der Waals surface area contributed by atoms with E-state index in [9.17, 15) is 9.90 Å². The first-order chi connectivity index (χ1) is 9.63. The maximum atomic E-state index is 12.0. The van der Waals surface area contributed by atoms with Gasteiger partial charge in [-0.1, -0.05) is 30.3 Å². The van der Waals surface area contributed by atoms with Crippen molar-refractivity contribution in [3.05, 3.63) is 37.0 Å². The van der Waals surface area contributed by atoms with Crippen LogP contribution in [0.3, 0.4) is 0 Å². The molecule has 0 spiro atoms. The Balaban J connectivity index is 0.00000220. The quantitative estimate of drug-likeness (QED) is 0.597. The van der Waals surface area contributed by atoms with E-state index in [0.29, 0.717) is 11.6 Å². The second kappa shape index (κ2) is 9.14. The van der Waals surface area contributed by atoms with E-state index in [1.165, 1.54) is 11.8 Å². The van der Waals surface area contributed by atoms with Gasteiger partial charge >= 0.3 is 0 Å². The molecule has 6 heteroatoms. The van der Waals surface area contributed by atoms with Gasteiger partial charge < -0.3 is 16.4 Å². The van der Waals surface area contributed by atoms with Crippen LogP contribution < -0.4 is 4.90 Å². The Labute approximate surface area is 155 Å². The molecule has 1 fully saturated rings. The summed E-state index contributed by atoms with van der Waals surface area (Å²) in [5.74, 6) is 1.76. The van der Waals surface area contributed by atoms with E-state index < -0.39 is 6.10 Å². The van der Waals surface area contributed by atoms with E-state index in [4.69, 9.17) is 4.42 Å². The summed E-state index contributed by atoms with van der Waals surface area (Å²) in [4.78, 5) is 13.7. The zero-order chi connectivity index (χ0) is 14.5. The van der Waals surface area contributed by atoms with Crippen molar-refractivity contribution >= 4 is 22.9 Å². The van der Waals surface area contributed by atoms with Crippen LogP contribution in [0.15, 0.2) is 28.7 Å². The maximum absolute atomic E-state index is 12.0. The minimum absolute atomic E-state index is 0. The molecule has 4 nitrogen and oxygen atoms in total. The predicted molar refractivity (Wildman–Crippen MR) is 81.8 cm³/mol. The van der Waals surface area contributed by atoms with Gasteiger partial charge in [0.1, 0.15) is 11.9 Å². The van der Waals surface area contributed by atoms with Gasteiger partial charge in [-0.3, -0.25) is 9.69 Å². The van der Waals surface area contributed by atoms with Crippen LogP contribution in [0.2, 0.25) is 0 Å². The standard InChI is InChI=1S/C15H20NO3S.Y/c1-3-4-5-6-7-12-10-20-15(18)16(12)14-9-8-13(19-14)11(2)17;/h5-6,8-9,11-12,17H,1,3-4,7,10H2,2H3;/q-1;/b6-5-;/t11?,12-;/m0./s1. The summed E-state index contributed by atoms with van der Waals surface area (Å²) < 4.78 is 5.56. The number of aliphatic hydroxyl groups is 1. The number of nitrogens with zero attached hydrogens (tertiary/aromatic N) is 1. The van der Waals surface area contributed by atoms with Crippen LogP contribution in [0.4, 0.5) is 10.7 Å². The Morgan fingerprint density at radius 3 is 2.95 bits per heavy atom. The summed E-state index contributed by atoms with van der Waals surface area (Å²) in [6.07, 6.45) is 6.19. The molecule has 1 N–H and O–H groups in total. The van der Waals surface area contributed by atoms with Gasteiger partial charge in [0.15, 0.2) is 0 Å². The molecule has 2 rings (SSSR count). The number of thioether (sulfide) groups is 1. The molecule has 1 aliphatic rings. The Kier molecular flexibility index (Phi) is 8.24. The van der Waals surface area contributed by atoms with Crippen LogP contribution in [-0.4, -0.2) is 22.1 Å². The molecule has 0 aromatic carbocycles. The van der Waals surface area contributed by atoms with Gasteiger partial charge in [-0.15, -0.1) is 0 Å². The number of carbonyl (C=O) groups excluding carboxylic acids is 1. The van der Waals surface area contributed by atoms with Crippen molar-refractivity contribution in [1.82, 2.24) is 0 Å². The molecule has 1 radical (unpaired) electrons. The molecule has 21 heavy (non-hydrogen) atoms. The van der Waals surface area contributed by atoms with Gasteiger partial charge in [0.25, 0.3) is 5.24 Å². The normalized spacial score (nSPS) is 20.0. The number of hydrogen-bond donors (Lipinski definition) is 1. The van der Waals surface area contributed by atoms with Crippen LogP contribution in [-0.2, 0) is 32.7 Å². The number of unbranched alkanes of at least 4 members (excludes halogenated alkanes) is 1.